The molecule has 1 aromatic carbocycles. The summed E-state index contributed by atoms with van der Waals surface area (Å²) in [7, 11) is 3.61. The fourth-order valence-electron chi connectivity index (χ4n) is 2.06. The van der Waals surface area contributed by atoms with E-state index in [2.05, 4.69) is 11.9 Å². The van der Waals surface area contributed by atoms with Crippen molar-refractivity contribution >= 4 is 11.6 Å². The largest absolute Gasteiger partial charge is 0.496 e. The van der Waals surface area contributed by atoms with E-state index in [4.69, 9.17) is 10.5 Å². The SMILES string of the molecule is COc1cc(N)ccc1C(=O)N1CCN(C)CC1. The van der Waals surface area contributed by atoms with Crippen LogP contribution in [0.5, 0.6) is 5.75 Å². The number of hydrogen-bond acceptors (Lipinski definition) is 4. The Morgan fingerprint density at radius 3 is 2.56 bits per heavy atom. The number of nitrogen functional groups attached to an aromatic ring is 1. The normalized spacial score (nSPS) is 16.7. The van der Waals surface area contributed by atoms with Crippen molar-refractivity contribution in [2.24, 2.45) is 0 Å². The van der Waals surface area contributed by atoms with Crippen molar-refractivity contribution in [3.8, 4) is 5.75 Å². The summed E-state index contributed by atoms with van der Waals surface area (Å²) in [6.45, 7) is 3.32. The molecule has 1 saturated heterocycles. The molecule has 1 heterocycles. The smallest absolute Gasteiger partial charge is 0.257 e. The molecule has 2 rings (SSSR count). The van der Waals surface area contributed by atoms with Gasteiger partial charge in [-0.15, -0.1) is 0 Å². The molecule has 0 bridgehead atoms. The Morgan fingerprint density at radius 2 is 1.94 bits per heavy atom. The van der Waals surface area contributed by atoms with E-state index < -0.39 is 0 Å². The molecule has 5 heteroatoms. The molecule has 1 aliphatic heterocycles. The molecule has 1 aromatic rings. The predicted octanol–water partition coefficient (Wildman–Crippen LogP) is 0.665. The third kappa shape index (κ3) is 2.56. The molecule has 0 atom stereocenters. The molecule has 5 nitrogen and oxygen atoms in total. The summed E-state index contributed by atoms with van der Waals surface area (Å²) in [4.78, 5) is 16.5. The van der Waals surface area contributed by atoms with Gasteiger partial charge in [0.2, 0.25) is 0 Å². The Morgan fingerprint density at radius 1 is 1.28 bits per heavy atom. The molecule has 0 saturated carbocycles. The first-order valence-corrected chi connectivity index (χ1v) is 6.03. The van der Waals surface area contributed by atoms with Gasteiger partial charge >= 0.3 is 0 Å². The molecular formula is C13H19N3O2. The number of piperazine rings is 1. The second kappa shape index (κ2) is 5.27. The van der Waals surface area contributed by atoms with Crippen molar-refractivity contribution in [2.45, 2.75) is 0 Å². The van der Waals surface area contributed by atoms with Crippen LogP contribution in [-0.4, -0.2) is 56.0 Å². The number of carbonyl (C=O) groups excluding carboxylic acids is 1. The van der Waals surface area contributed by atoms with Crippen LogP contribution in [0.15, 0.2) is 18.2 Å². The van der Waals surface area contributed by atoms with Crippen LogP contribution in [0.3, 0.4) is 0 Å². The number of nitrogens with two attached hydrogens (primary N) is 1. The Balaban J connectivity index is 2.18. The lowest BCUT2D eigenvalue weighted by Crippen LogP contribution is -2.47. The molecule has 2 N–H and O–H groups in total. The summed E-state index contributed by atoms with van der Waals surface area (Å²) in [5.41, 5.74) is 6.87. The van der Waals surface area contributed by atoms with E-state index in [0.29, 0.717) is 17.0 Å². The molecular weight excluding hydrogens is 230 g/mol. The molecule has 0 spiro atoms. The number of rotatable bonds is 2. The third-order valence-electron chi connectivity index (χ3n) is 3.25. The number of amides is 1. The summed E-state index contributed by atoms with van der Waals surface area (Å²) in [6, 6.07) is 5.14. The van der Waals surface area contributed by atoms with Crippen molar-refractivity contribution in [3.63, 3.8) is 0 Å². The van der Waals surface area contributed by atoms with Crippen molar-refractivity contribution in [1.82, 2.24) is 9.80 Å². The molecule has 98 valence electrons. The highest BCUT2D eigenvalue weighted by Crippen LogP contribution is 2.23. The fraction of sp³-hybridized carbons (Fsp3) is 0.462. The van der Waals surface area contributed by atoms with Gasteiger partial charge in [-0.05, 0) is 19.2 Å². The number of likely N-dealkylation sites (N-methyl/N-ethyl adjacent to an activating group) is 1. The van der Waals surface area contributed by atoms with Gasteiger partial charge in [0.25, 0.3) is 5.91 Å². The van der Waals surface area contributed by atoms with E-state index in [-0.39, 0.29) is 5.91 Å². The number of anilines is 1. The van der Waals surface area contributed by atoms with Crippen molar-refractivity contribution in [3.05, 3.63) is 23.8 Å². The van der Waals surface area contributed by atoms with Crippen molar-refractivity contribution < 1.29 is 9.53 Å². The van der Waals surface area contributed by atoms with Crippen LogP contribution >= 0.6 is 0 Å². The molecule has 0 unspecified atom stereocenters. The highest BCUT2D eigenvalue weighted by molar-refractivity contribution is 5.97. The van der Waals surface area contributed by atoms with E-state index in [1.54, 1.807) is 25.3 Å². The molecule has 1 aliphatic rings. The second-order valence-electron chi connectivity index (χ2n) is 4.56. The molecule has 1 fully saturated rings. The molecule has 0 radical (unpaired) electrons. The van der Waals surface area contributed by atoms with Gasteiger partial charge in [0.05, 0.1) is 12.7 Å². The first-order valence-electron chi connectivity index (χ1n) is 6.03. The monoisotopic (exact) mass is 249 g/mol. The lowest BCUT2D eigenvalue weighted by molar-refractivity contribution is 0.0661. The second-order valence-corrected chi connectivity index (χ2v) is 4.56. The maximum absolute atomic E-state index is 12.4. The van der Waals surface area contributed by atoms with E-state index in [0.717, 1.165) is 26.2 Å². The van der Waals surface area contributed by atoms with Crippen LogP contribution in [-0.2, 0) is 0 Å². The van der Waals surface area contributed by atoms with Crippen LogP contribution < -0.4 is 10.5 Å². The zero-order valence-electron chi connectivity index (χ0n) is 10.8. The highest BCUT2D eigenvalue weighted by atomic mass is 16.5. The van der Waals surface area contributed by atoms with Gasteiger partial charge in [0, 0.05) is 37.9 Å². The number of ether oxygens (including phenoxy) is 1. The van der Waals surface area contributed by atoms with E-state index in [9.17, 15) is 4.79 Å². The quantitative estimate of drug-likeness (QED) is 0.782. The van der Waals surface area contributed by atoms with Crippen LogP contribution in [0.4, 0.5) is 5.69 Å². The average Bonchev–Trinajstić information content (AvgIpc) is 2.38. The molecule has 0 aromatic heterocycles. The van der Waals surface area contributed by atoms with Crippen LogP contribution in [0.1, 0.15) is 10.4 Å². The third-order valence-corrected chi connectivity index (χ3v) is 3.25. The number of nitrogens with zero attached hydrogens (tertiary/aromatic N) is 2. The average molecular weight is 249 g/mol. The van der Waals surface area contributed by atoms with Crippen LogP contribution in [0.25, 0.3) is 0 Å². The van der Waals surface area contributed by atoms with Crippen molar-refractivity contribution in [2.75, 3.05) is 46.1 Å². The number of methoxy groups -OCH3 is 1. The van der Waals surface area contributed by atoms with Crippen molar-refractivity contribution in [1.29, 1.82) is 0 Å². The van der Waals surface area contributed by atoms with E-state index in [1.807, 2.05) is 4.90 Å². The van der Waals surface area contributed by atoms with Gasteiger partial charge in [-0.3, -0.25) is 4.79 Å². The van der Waals surface area contributed by atoms with Crippen LogP contribution in [0, 0.1) is 0 Å². The highest BCUT2D eigenvalue weighted by Gasteiger charge is 2.22. The maximum Gasteiger partial charge on any atom is 0.257 e. The summed E-state index contributed by atoms with van der Waals surface area (Å²) in [5, 5.41) is 0. The number of hydrogen-bond donors (Lipinski definition) is 1. The molecule has 18 heavy (non-hydrogen) atoms. The Kier molecular flexibility index (Phi) is 3.72. The van der Waals surface area contributed by atoms with Gasteiger partial charge in [0.15, 0.2) is 0 Å². The van der Waals surface area contributed by atoms with Gasteiger partial charge < -0.3 is 20.3 Å². The van der Waals surface area contributed by atoms with Gasteiger partial charge in [-0.1, -0.05) is 0 Å². The van der Waals surface area contributed by atoms with Gasteiger partial charge in [0.1, 0.15) is 5.75 Å². The summed E-state index contributed by atoms with van der Waals surface area (Å²) >= 11 is 0. The Hall–Kier alpha value is -1.75. The number of benzene rings is 1. The molecule has 0 aliphatic carbocycles. The zero-order valence-corrected chi connectivity index (χ0v) is 10.8. The first kappa shape index (κ1) is 12.7. The lowest BCUT2D eigenvalue weighted by atomic mass is 10.1. The summed E-state index contributed by atoms with van der Waals surface area (Å²) in [6.07, 6.45) is 0. The van der Waals surface area contributed by atoms with Gasteiger partial charge in [-0.2, -0.15) is 0 Å². The standard InChI is InChI=1S/C13H19N3O2/c1-15-5-7-16(8-6-15)13(17)11-4-3-10(14)9-12(11)18-2/h3-4,9H,5-8,14H2,1-2H3. The Bertz CT molecular complexity index is 440. The van der Waals surface area contributed by atoms with E-state index in [1.165, 1.54) is 0 Å². The fourth-order valence-corrected chi connectivity index (χ4v) is 2.06. The minimum atomic E-state index is 0.0138. The lowest BCUT2D eigenvalue weighted by Gasteiger charge is -2.32. The summed E-state index contributed by atoms with van der Waals surface area (Å²) in [5.74, 6) is 0.555. The number of carbonyl (C=O) groups is 1. The topological polar surface area (TPSA) is 58.8 Å². The first-order chi connectivity index (χ1) is 8.61. The predicted molar refractivity (Wildman–Crippen MR) is 70.8 cm³/mol. The van der Waals surface area contributed by atoms with Gasteiger partial charge in [-0.25, -0.2) is 0 Å². The minimum Gasteiger partial charge on any atom is -0.496 e. The maximum atomic E-state index is 12.4. The zero-order chi connectivity index (χ0) is 13.1. The van der Waals surface area contributed by atoms with E-state index >= 15 is 0 Å². The summed E-state index contributed by atoms with van der Waals surface area (Å²) < 4.78 is 5.22. The Labute approximate surface area is 107 Å². The molecule has 1 amide bonds. The minimum absolute atomic E-state index is 0.0138. The van der Waals surface area contributed by atoms with Crippen LogP contribution in [0.2, 0.25) is 0 Å².